The number of carbonyl (C=O) groups excluding carboxylic acids is 1. The molecule has 6 heteroatoms. The largest absolute Gasteiger partial charge is 0.481 e. The molecule has 0 bridgehead atoms. The highest BCUT2D eigenvalue weighted by molar-refractivity contribution is 5.98. The third kappa shape index (κ3) is 3.22. The predicted octanol–water partition coefficient (Wildman–Crippen LogP) is 3.46. The van der Waals surface area contributed by atoms with Crippen LogP contribution in [0.1, 0.15) is 45.3 Å². The molecule has 0 saturated heterocycles. The number of aliphatic carboxylic acids is 1. The van der Waals surface area contributed by atoms with Crippen LogP contribution in [0.25, 0.3) is 11.0 Å². The number of carboxylic acids is 1. The van der Waals surface area contributed by atoms with Gasteiger partial charge in [-0.3, -0.25) is 9.59 Å². The second-order valence-electron chi connectivity index (χ2n) is 7.16. The number of carbonyl (C=O) groups is 2. The number of aryl methyl sites for hydroxylation is 2. The Bertz CT molecular complexity index is 1090. The molecule has 2 aromatic carbocycles. The molecular weight excluding hydrogens is 354 g/mol. The average Bonchev–Trinajstić information content (AvgIpc) is 2.68. The van der Waals surface area contributed by atoms with Crippen molar-refractivity contribution in [1.82, 2.24) is 14.9 Å². The summed E-state index contributed by atoms with van der Waals surface area (Å²) in [6.45, 7) is 4.29. The van der Waals surface area contributed by atoms with E-state index in [9.17, 15) is 14.7 Å². The fourth-order valence-electron chi connectivity index (χ4n) is 3.81. The number of hydrogen-bond donors (Lipinski definition) is 1. The molecule has 0 spiro atoms. The molecule has 0 aliphatic carbocycles. The number of aromatic nitrogens is 2. The minimum atomic E-state index is -0.921. The zero-order valence-corrected chi connectivity index (χ0v) is 15.8. The van der Waals surface area contributed by atoms with Crippen LogP contribution in [0.2, 0.25) is 0 Å². The zero-order chi connectivity index (χ0) is 19.8. The molecule has 0 saturated carbocycles. The first kappa shape index (κ1) is 18.1. The number of nitrogens with zero attached hydrogens (tertiary/aromatic N) is 3. The summed E-state index contributed by atoms with van der Waals surface area (Å²) in [5.41, 5.74) is 5.62. The highest BCUT2D eigenvalue weighted by atomic mass is 16.4. The zero-order valence-electron chi connectivity index (χ0n) is 15.8. The lowest BCUT2D eigenvalue weighted by atomic mass is 9.90. The van der Waals surface area contributed by atoms with Crippen LogP contribution in [0, 0.1) is 13.8 Å². The molecule has 1 atom stereocenters. The first-order valence-corrected chi connectivity index (χ1v) is 9.29. The maximum Gasteiger partial charge on any atom is 0.305 e. The quantitative estimate of drug-likeness (QED) is 0.758. The van der Waals surface area contributed by atoms with Gasteiger partial charge in [0, 0.05) is 12.1 Å². The van der Waals surface area contributed by atoms with E-state index in [1.165, 1.54) is 0 Å². The normalized spacial score (nSPS) is 16.1. The molecule has 4 rings (SSSR count). The van der Waals surface area contributed by atoms with Crippen LogP contribution in [0.15, 0.2) is 42.5 Å². The highest BCUT2D eigenvalue weighted by Crippen LogP contribution is 2.33. The van der Waals surface area contributed by atoms with Gasteiger partial charge in [0.1, 0.15) is 0 Å². The minimum Gasteiger partial charge on any atom is -0.481 e. The SMILES string of the molecule is Cc1nc2ccc(C(=O)N3CCc4ccccc4[C@H]3CC(=O)O)cc2nc1C. The van der Waals surface area contributed by atoms with Crippen molar-refractivity contribution in [2.75, 3.05) is 6.54 Å². The number of hydrogen-bond acceptors (Lipinski definition) is 4. The van der Waals surface area contributed by atoms with Gasteiger partial charge < -0.3 is 10.0 Å². The lowest BCUT2D eigenvalue weighted by Gasteiger charge is -2.36. The Morgan fingerprint density at radius 3 is 2.54 bits per heavy atom. The second-order valence-corrected chi connectivity index (χ2v) is 7.16. The molecule has 0 radical (unpaired) electrons. The van der Waals surface area contributed by atoms with Gasteiger partial charge in [-0.25, -0.2) is 9.97 Å². The summed E-state index contributed by atoms with van der Waals surface area (Å²) in [7, 11) is 0. The Balaban J connectivity index is 1.73. The van der Waals surface area contributed by atoms with Gasteiger partial charge in [-0.15, -0.1) is 0 Å². The standard InChI is InChI=1S/C22H21N3O3/c1-13-14(2)24-19-11-16(7-8-18(19)23-13)22(28)25-10-9-15-5-3-4-6-17(15)20(25)12-21(26)27/h3-8,11,20H,9-10,12H2,1-2H3,(H,26,27)/t20-/m1/s1. The van der Waals surface area contributed by atoms with E-state index in [1.807, 2.05) is 38.1 Å². The van der Waals surface area contributed by atoms with Gasteiger partial charge in [0.25, 0.3) is 5.91 Å². The van der Waals surface area contributed by atoms with E-state index in [-0.39, 0.29) is 12.3 Å². The third-order valence-electron chi connectivity index (χ3n) is 5.36. The molecule has 1 amide bonds. The van der Waals surface area contributed by atoms with Crippen molar-refractivity contribution in [1.29, 1.82) is 0 Å². The van der Waals surface area contributed by atoms with Crippen molar-refractivity contribution >= 4 is 22.9 Å². The number of fused-ring (bicyclic) bond motifs is 2. The van der Waals surface area contributed by atoms with E-state index >= 15 is 0 Å². The van der Waals surface area contributed by atoms with E-state index in [1.54, 1.807) is 23.1 Å². The number of amides is 1. The first-order chi connectivity index (χ1) is 13.4. The average molecular weight is 375 g/mol. The summed E-state index contributed by atoms with van der Waals surface area (Å²) in [4.78, 5) is 35.5. The van der Waals surface area contributed by atoms with E-state index < -0.39 is 12.0 Å². The molecule has 6 nitrogen and oxygen atoms in total. The molecule has 1 N–H and O–H groups in total. The van der Waals surface area contributed by atoms with Crippen LogP contribution in [0.4, 0.5) is 0 Å². The molecule has 1 aliphatic heterocycles. The van der Waals surface area contributed by atoms with Gasteiger partial charge in [-0.2, -0.15) is 0 Å². The second kappa shape index (κ2) is 7.03. The van der Waals surface area contributed by atoms with Crippen molar-refractivity contribution in [3.8, 4) is 0 Å². The van der Waals surface area contributed by atoms with E-state index in [2.05, 4.69) is 9.97 Å². The monoisotopic (exact) mass is 375 g/mol. The maximum absolute atomic E-state index is 13.3. The van der Waals surface area contributed by atoms with Crippen LogP contribution in [0.5, 0.6) is 0 Å². The van der Waals surface area contributed by atoms with E-state index in [0.29, 0.717) is 24.0 Å². The Morgan fingerprint density at radius 1 is 1.07 bits per heavy atom. The van der Waals surface area contributed by atoms with Crippen molar-refractivity contribution in [2.24, 2.45) is 0 Å². The van der Waals surface area contributed by atoms with Gasteiger partial charge in [0.15, 0.2) is 0 Å². The van der Waals surface area contributed by atoms with E-state index in [4.69, 9.17) is 0 Å². The summed E-state index contributed by atoms with van der Waals surface area (Å²) in [5.74, 6) is -1.10. The van der Waals surface area contributed by atoms with Gasteiger partial charge in [0.2, 0.25) is 0 Å². The lowest BCUT2D eigenvalue weighted by molar-refractivity contribution is -0.138. The Labute approximate surface area is 162 Å². The van der Waals surface area contributed by atoms with Crippen LogP contribution in [-0.4, -0.2) is 38.4 Å². The number of carboxylic acid groups (broad SMARTS) is 1. The Kier molecular flexibility index (Phi) is 4.55. The van der Waals surface area contributed by atoms with Crippen molar-refractivity contribution in [2.45, 2.75) is 32.7 Å². The van der Waals surface area contributed by atoms with Crippen LogP contribution < -0.4 is 0 Å². The van der Waals surface area contributed by atoms with Crippen LogP contribution >= 0.6 is 0 Å². The topological polar surface area (TPSA) is 83.4 Å². The van der Waals surface area contributed by atoms with Crippen LogP contribution in [-0.2, 0) is 11.2 Å². The lowest BCUT2D eigenvalue weighted by Crippen LogP contribution is -2.41. The maximum atomic E-state index is 13.3. The number of benzene rings is 2. The highest BCUT2D eigenvalue weighted by Gasteiger charge is 2.32. The molecular formula is C22H21N3O3. The van der Waals surface area contributed by atoms with Gasteiger partial charge >= 0.3 is 5.97 Å². The molecule has 0 fully saturated rings. The molecule has 2 heterocycles. The molecule has 1 aromatic heterocycles. The van der Waals surface area contributed by atoms with Gasteiger partial charge in [-0.05, 0) is 49.6 Å². The van der Waals surface area contributed by atoms with Crippen molar-refractivity contribution < 1.29 is 14.7 Å². The van der Waals surface area contributed by atoms with Gasteiger partial charge in [-0.1, -0.05) is 24.3 Å². The molecule has 28 heavy (non-hydrogen) atoms. The fourth-order valence-corrected chi connectivity index (χ4v) is 3.81. The Morgan fingerprint density at radius 2 is 1.79 bits per heavy atom. The van der Waals surface area contributed by atoms with E-state index in [0.717, 1.165) is 28.0 Å². The van der Waals surface area contributed by atoms with Crippen LogP contribution in [0.3, 0.4) is 0 Å². The number of rotatable bonds is 3. The smallest absolute Gasteiger partial charge is 0.305 e. The molecule has 1 aliphatic rings. The minimum absolute atomic E-state index is 0.117. The Hall–Kier alpha value is -3.28. The first-order valence-electron chi connectivity index (χ1n) is 9.29. The fraction of sp³-hybridized carbons (Fsp3) is 0.273. The van der Waals surface area contributed by atoms with Crippen molar-refractivity contribution in [3.05, 3.63) is 70.5 Å². The molecule has 0 unspecified atom stereocenters. The third-order valence-corrected chi connectivity index (χ3v) is 5.36. The summed E-state index contributed by atoms with van der Waals surface area (Å²) < 4.78 is 0. The summed E-state index contributed by atoms with van der Waals surface area (Å²) in [6, 6.07) is 12.6. The van der Waals surface area contributed by atoms with Gasteiger partial charge in [0.05, 0.1) is 34.9 Å². The summed E-state index contributed by atoms with van der Waals surface area (Å²) in [5, 5.41) is 9.40. The molecule has 142 valence electrons. The predicted molar refractivity (Wildman–Crippen MR) is 105 cm³/mol. The summed E-state index contributed by atoms with van der Waals surface area (Å²) in [6.07, 6.45) is 0.595. The molecule has 3 aromatic rings. The van der Waals surface area contributed by atoms with Crippen molar-refractivity contribution in [3.63, 3.8) is 0 Å². The summed E-state index contributed by atoms with van der Waals surface area (Å²) >= 11 is 0.